The van der Waals surface area contributed by atoms with Crippen LogP contribution in [0.25, 0.3) is 0 Å². The van der Waals surface area contributed by atoms with Crippen molar-refractivity contribution in [2.45, 2.75) is 11.8 Å². The number of benzene rings is 1. The highest BCUT2D eigenvalue weighted by Gasteiger charge is 2.14. The molecule has 1 aromatic carbocycles. The lowest BCUT2D eigenvalue weighted by Crippen LogP contribution is -2.27. The van der Waals surface area contributed by atoms with E-state index in [0.717, 1.165) is 5.57 Å². The monoisotopic (exact) mass is 312 g/mol. The summed E-state index contributed by atoms with van der Waals surface area (Å²) in [7, 11) is -2.08. The second kappa shape index (κ2) is 7.92. The number of hydrogen-bond donors (Lipinski definition) is 2. The molecule has 0 heterocycles. The molecule has 1 aromatic rings. The lowest BCUT2D eigenvalue weighted by atomic mass is 10.2. The lowest BCUT2D eigenvalue weighted by molar-refractivity contribution is 0.0963. The van der Waals surface area contributed by atoms with Crippen LogP contribution in [0.2, 0.25) is 0 Å². The van der Waals surface area contributed by atoms with E-state index in [0.29, 0.717) is 12.2 Å². The number of carbonyl (C=O) groups is 1. The summed E-state index contributed by atoms with van der Waals surface area (Å²) in [6.07, 6.45) is 0. The Morgan fingerprint density at radius 3 is 2.43 bits per heavy atom. The van der Waals surface area contributed by atoms with Gasteiger partial charge in [-0.3, -0.25) is 4.79 Å². The Morgan fingerprint density at radius 2 is 1.90 bits per heavy atom. The van der Waals surface area contributed by atoms with Crippen molar-refractivity contribution in [3.63, 3.8) is 0 Å². The van der Waals surface area contributed by atoms with E-state index in [9.17, 15) is 13.2 Å². The van der Waals surface area contributed by atoms with E-state index < -0.39 is 10.0 Å². The minimum Gasteiger partial charge on any atom is -0.376 e. The highest BCUT2D eigenvalue weighted by molar-refractivity contribution is 7.89. The third-order valence-corrected chi connectivity index (χ3v) is 4.02. The van der Waals surface area contributed by atoms with E-state index in [4.69, 9.17) is 4.74 Å². The summed E-state index contributed by atoms with van der Waals surface area (Å²) in [5.74, 6) is -0.264. The van der Waals surface area contributed by atoms with Crippen LogP contribution in [-0.4, -0.2) is 41.1 Å². The molecule has 0 aliphatic rings. The maximum Gasteiger partial charge on any atom is 0.251 e. The van der Waals surface area contributed by atoms with Crippen molar-refractivity contribution in [2.75, 3.05) is 26.8 Å². The summed E-state index contributed by atoms with van der Waals surface area (Å²) < 4.78 is 31.6. The minimum absolute atomic E-state index is 0.107. The zero-order valence-electron chi connectivity index (χ0n) is 12.2. The van der Waals surface area contributed by atoms with E-state index in [-0.39, 0.29) is 24.0 Å². The van der Waals surface area contributed by atoms with Gasteiger partial charge in [0.25, 0.3) is 5.91 Å². The molecule has 0 saturated carbocycles. The Labute approximate surface area is 125 Å². The number of hydrogen-bond acceptors (Lipinski definition) is 4. The average Bonchev–Trinajstić information content (AvgIpc) is 2.45. The molecule has 21 heavy (non-hydrogen) atoms. The summed E-state index contributed by atoms with van der Waals surface area (Å²) in [5.41, 5.74) is 1.28. The van der Waals surface area contributed by atoms with E-state index in [1.165, 1.54) is 31.3 Å². The highest BCUT2D eigenvalue weighted by Crippen LogP contribution is 2.10. The van der Waals surface area contributed by atoms with Gasteiger partial charge in [-0.25, -0.2) is 13.1 Å². The maximum absolute atomic E-state index is 12.0. The van der Waals surface area contributed by atoms with E-state index in [1.807, 2.05) is 6.92 Å². The molecule has 0 aliphatic heterocycles. The first-order chi connectivity index (χ1) is 9.86. The van der Waals surface area contributed by atoms with Crippen LogP contribution >= 0.6 is 0 Å². The Balaban J connectivity index is 2.58. The van der Waals surface area contributed by atoms with Crippen LogP contribution in [0.15, 0.2) is 41.3 Å². The molecule has 0 unspecified atom stereocenters. The fraction of sp³-hybridized carbons (Fsp3) is 0.357. The van der Waals surface area contributed by atoms with Crippen LogP contribution in [0.4, 0.5) is 0 Å². The van der Waals surface area contributed by atoms with E-state index >= 15 is 0 Å². The van der Waals surface area contributed by atoms with Crippen LogP contribution in [0, 0.1) is 0 Å². The van der Waals surface area contributed by atoms with Gasteiger partial charge in [0.05, 0.1) is 18.1 Å². The third kappa shape index (κ3) is 5.66. The average molecular weight is 312 g/mol. The summed E-state index contributed by atoms with van der Waals surface area (Å²) in [6, 6.07) is 5.71. The molecule has 1 amide bonds. The van der Waals surface area contributed by atoms with Crippen LogP contribution in [-0.2, 0) is 14.8 Å². The largest absolute Gasteiger partial charge is 0.376 e. The van der Waals surface area contributed by atoms with Crippen molar-refractivity contribution >= 4 is 15.9 Å². The maximum atomic E-state index is 12.0. The van der Waals surface area contributed by atoms with E-state index in [1.54, 1.807) is 0 Å². The Hall–Kier alpha value is -1.70. The van der Waals surface area contributed by atoms with Gasteiger partial charge in [0.15, 0.2) is 0 Å². The van der Waals surface area contributed by atoms with Gasteiger partial charge in [0.1, 0.15) is 0 Å². The molecule has 0 aromatic heterocycles. The van der Waals surface area contributed by atoms with Crippen LogP contribution in [0.5, 0.6) is 0 Å². The topological polar surface area (TPSA) is 84.5 Å². The Bertz CT molecular complexity index is 594. The molecule has 6 nitrogen and oxygen atoms in total. The predicted molar refractivity (Wildman–Crippen MR) is 80.7 cm³/mol. The lowest BCUT2D eigenvalue weighted by Gasteiger charge is -2.08. The molecule has 0 atom stereocenters. The Kier molecular flexibility index (Phi) is 6.54. The van der Waals surface area contributed by atoms with Gasteiger partial charge in [-0.05, 0) is 31.2 Å². The second-order valence-corrected chi connectivity index (χ2v) is 6.28. The summed E-state index contributed by atoms with van der Waals surface area (Å²) >= 11 is 0. The van der Waals surface area contributed by atoms with Gasteiger partial charge in [-0.2, -0.15) is 0 Å². The van der Waals surface area contributed by atoms with Crippen LogP contribution in [0.3, 0.4) is 0 Å². The molecule has 1 rings (SSSR count). The summed E-state index contributed by atoms with van der Waals surface area (Å²) in [4.78, 5) is 11.5. The number of sulfonamides is 1. The molecule has 2 N–H and O–H groups in total. The van der Waals surface area contributed by atoms with Gasteiger partial charge in [-0.1, -0.05) is 12.2 Å². The zero-order chi connectivity index (χ0) is 15.9. The fourth-order valence-corrected chi connectivity index (χ4v) is 2.52. The van der Waals surface area contributed by atoms with Crippen molar-refractivity contribution in [3.8, 4) is 0 Å². The predicted octanol–water partition coefficient (Wildman–Crippen LogP) is 0.917. The zero-order valence-corrected chi connectivity index (χ0v) is 13.0. The molecular formula is C14H20N2O4S. The van der Waals surface area contributed by atoms with Crippen molar-refractivity contribution in [1.82, 2.24) is 10.0 Å². The van der Waals surface area contributed by atoms with Crippen LogP contribution < -0.4 is 10.0 Å². The number of rotatable bonds is 8. The molecule has 0 bridgehead atoms. The summed E-state index contributed by atoms with van der Waals surface area (Å²) in [5, 5.41) is 2.47. The first-order valence-electron chi connectivity index (χ1n) is 6.41. The molecule has 0 spiro atoms. The summed E-state index contributed by atoms with van der Waals surface area (Å²) in [6.45, 7) is 6.36. The minimum atomic E-state index is -3.59. The van der Waals surface area contributed by atoms with Crippen molar-refractivity contribution in [1.29, 1.82) is 0 Å². The molecule has 116 valence electrons. The molecular weight excluding hydrogens is 292 g/mol. The number of nitrogens with one attached hydrogen (secondary N) is 2. The first-order valence-corrected chi connectivity index (χ1v) is 7.89. The number of amides is 1. The third-order valence-electron chi connectivity index (χ3n) is 2.54. The van der Waals surface area contributed by atoms with Crippen molar-refractivity contribution < 1.29 is 17.9 Å². The van der Waals surface area contributed by atoms with Gasteiger partial charge in [0.2, 0.25) is 10.0 Å². The number of carbonyl (C=O) groups excluding carboxylic acids is 1. The first kappa shape index (κ1) is 17.4. The highest BCUT2D eigenvalue weighted by atomic mass is 32.2. The Morgan fingerprint density at radius 1 is 1.29 bits per heavy atom. The van der Waals surface area contributed by atoms with Gasteiger partial charge >= 0.3 is 0 Å². The van der Waals surface area contributed by atoms with Crippen molar-refractivity contribution in [2.24, 2.45) is 0 Å². The molecule has 0 aliphatic carbocycles. The molecule has 0 saturated heterocycles. The van der Waals surface area contributed by atoms with Gasteiger partial charge in [0, 0.05) is 19.2 Å². The normalized spacial score (nSPS) is 11.1. The smallest absolute Gasteiger partial charge is 0.251 e. The standard InChI is InChI=1S/C14H20N2O4S/c1-11(2)10-20-9-8-16-21(18,19)13-6-4-12(5-7-13)14(17)15-3/h4-7,16H,1,8-10H2,2-3H3,(H,15,17). The molecule has 0 fully saturated rings. The number of ether oxygens (including phenoxy) is 1. The second-order valence-electron chi connectivity index (χ2n) is 4.51. The van der Waals surface area contributed by atoms with E-state index in [2.05, 4.69) is 16.6 Å². The van der Waals surface area contributed by atoms with Gasteiger partial charge in [-0.15, -0.1) is 0 Å². The quantitative estimate of drug-likeness (QED) is 0.552. The van der Waals surface area contributed by atoms with Crippen molar-refractivity contribution in [3.05, 3.63) is 42.0 Å². The molecule has 0 radical (unpaired) electrons. The van der Waals surface area contributed by atoms with Gasteiger partial charge < -0.3 is 10.1 Å². The SMILES string of the molecule is C=C(C)COCCNS(=O)(=O)c1ccc(C(=O)NC)cc1. The van der Waals surface area contributed by atoms with Crippen LogP contribution in [0.1, 0.15) is 17.3 Å². The molecule has 7 heteroatoms. The fourth-order valence-electron chi connectivity index (χ4n) is 1.51.